The van der Waals surface area contributed by atoms with Crippen molar-refractivity contribution in [1.82, 2.24) is 9.55 Å². The largest absolute Gasteiger partial charge is 0.465 e. The first-order valence-corrected chi connectivity index (χ1v) is 12.7. The Hall–Kier alpha value is -4.66. The van der Waals surface area contributed by atoms with E-state index in [1.54, 1.807) is 22.9 Å². The maximum absolute atomic E-state index is 13.1. The highest BCUT2D eigenvalue weighted by molar-refractivity contribution is 6.11. The standard InChI is InChI=1S/C30H32N4O5/c1-19(2)18-34-27(30(37)39-4)26(33-25(35)14-20-8-6-5-7-9-20)24-15-23(17-32-28(24)34)31-16-21-10-12-22(13-11-21)29(36)38-3/h5-13,15,17,19,31H,14,16,18H2,1-4H3,(H,33,35). The van der Waals surface area contributed by atoms with Crippen molar-refractivity contribution >= 4 is 40.3 Å². The molecule has 2 N–H and O–H groups in total. The minimum atomic E-state index is -0.552. The number of ether oxygens (including phenoxy) is 2. The number of pyridine rings is 1. The third-order valence-corrected chi connectivity index (χ3v) is 6.17. The van der Waals surface area contributed by atoms with Crippen molar-refractivity contribution in [1.29, 1.82) is 0 Å². The number of amides is 1. The number of carbonyl (C=O) groups is 3. The Morgan fingerprint density at radius 1 is 0.923 bits per heavy atom. The Morgan fingerprint density at radius 3 is 2.26 bits per heavy atom. The SMILES string of the molecule is COC(=O)c1ccc(CNc2cnc3c(c2)c(NC(=O)Cc2ccccc2)c(C(=O)OC)n3CC(C)C)cc1. The highest BCUT2D eigenvalue weighted by Crippen LogP contribution is 2.33. The van der Waals surface area contributed by atoms with Gasteiger partial charge in [0.1, 0.15) is 5.65 Å². The second-order valence-corrected chi connectivity index (χ2v) is 9.57. The minimum absolute atomic E-state index is 0.158. The van der Waals surface area contributed by atoms with Gasteiger partial charge in [-0.3, -0.25) is 4.79 Å². The summed E-state index contributed by atoms with van der Waals surface area (Å²) in [5, 5.41) is 6.92. The van der Waals surface area contributed by atoms with Crippen LogP contribution >= 0.6 is 0 Å². The number of nitrogens with one attached hydrogen (secondary N) is 2. The van der Waals surface area contributed by atoms with Crippen LogP contribution in [0.5, 0.6) is 0 Å². The fourth-order valence-corrected chi connectivity index (χ4v) is 4.35. The van der Waals surface area contributed by atoms with Crippen molar-refractivity contribution in [2.24, 2.45) is 5.92 Å². The average molecular weight is 529 g/mol. The van der Waals surface area contributed by atoms with Gasteiger partial charge >= 0.3 is 11.9 Å². The summed E-state index contributed by atoms with van der Waals surface area (Å²) < 4.78 is 11.7. The molecule has 2 heterocycles. The van der Waals surface area contributed by atoms with Gasteiger partial charge < -0.3 is 24.7 Å². The molecule has 0 fully saturated rings. The first-order chi connectivity index (χ1) is 18.8. The average Bonchev–Trinajstić information content (AvgIpc) is 3.23. The summed E-state index contributed by atoms with van der Waals surface area (Å²) in [5.41, 5.74) is 4.19. The van der Waals surface area contributed by atoms with E-state index in [0.717, 1.165) is 11.1 Å². The quantitative estimate of drug-likeness (QED) is 0.277. The monoisotopic (exact) mass is 528 g/mol. The molecule has 0 radical (unpaired) electrons. The summed E-state index contributed by atoms with van der Waals surface area (Å²) >= 11 is 0. The summed E-state index contributed by atoms with van der Waals surface area (Å²) in [6.07, 6.45) is 1.85. The Morgan fingerprint density at radius 2 is 1.62 bits per heavy atom. The van der Waals surface area contributed by atoms with Gasteiger partial charge in [0.15, 0.2) is 5.69 Å². The normalized spacial score (nSPS) is 10.9. The number of hydrogen-bond acceptors (Lipinski definition) is 7. The summed E-state index contributed by atoms with van der Waals surface area (Å²) in [6.45, 7) is 5.08. The van der Waals surface area contributed by atoms with Crippen LogP contribution in [0.15, 0.2) is 66.9 Å². The van der Waals surface area contributed by atoms with Crippen molar-refractivity contribution < 1.29 is 23.9 Å². The molecule has 1 amide bonds. The third kappa shape index (κ3) is 6.43. The molecular weight excluding hydrogens is 496 g/mol. The van der Waals surface area contributed by atoms with E-state index in [-0.39, 0.29) is 23.9 Å². The van der Waals surface area contributed by atoms with Gasteiger partial charge in [0, 0.05) is 18.5 Å². The second-order valence-electron chi connectivity index (χ2n) is 9.57. The molecule has 0 spiro atoms. The Kier molecular flexibility index (Phi) is 8.60. The van der Waals surface area contributed by atoms with E-state index in [1.165, 1.54) is 14.2 Å². The molecule has 39 heavy (non-hydrogen) atoms. The summed E-state index contributed by atoms with van der Waals surface area (Å²) in [7, 11) is 2.67. The molecule has 4 aromatic rings. The number of rotatable bonds is 10. The number of benzene rings is 2. The number of aromatic nitrogens is 2. The molecule has 0 saturated carbocycles. The Balaban J connectivity index is 1.68. The molecule has 2 aromatic heterocycles. The van der Waals surface area contributed by atoms with E-state index in [9.17, 15) is 14.4 Å². The van der Waals surface area contributed by atoms with Gasteiger partial charge in [-0.15, -0.1) is 0 Å². The van der Waals surface area contributed by atoms with Gasteiger partial charge in [-0.2, -0.15) is 0 Å². The predicted octanol–water partition coefficient (Wildman–Crippen LogP) is 5.06. The lowest BCUT2D eigenvalue weighted by atomic mass is 10.1. The van der Waals surface area contributed by atoms with Crippen molar-refractivity contribution in [3.63, 3.8) is 0 Å². The van der Waals surface area contributed by atoms with Crippen molar-refractivity contribution in [3.05, 3.63) is 89.2 Å². The van der Waals surface area contributed by atoms with Crippen LogP contribution in [0.4, 0.5) is 11.4 Å². The van der Waals surface area contributed by atoms with Gasteiger partial charge in [0.25, 0.3) is 0 Å². The van der Waals surface area contributed by atoms with Crippen molar-refractivity contribution in [2.75, 3.05) is 24.9 Å². The lowest BCUT2D eigenvalue weighted by Crippen LogP contribution is -2.19. The number of hydrogen-bond donors (Lipinski definition) is 2. The summed E-state index contributed by atoms with van der Waals surface area (Å²) in [6, 6.07) is 18.4. The van der Waals surface area contributed by atoms with E-state index >= 15 is 0 Å². The van der Waals surface area contributed by atoms with Crippen LogP contribution in [0.2, 0.25) is 0 Å². The lowest BCUT2D eigenvalue weighted by Gasteiger charge is -2.12. The zero-order valence-corrected chi connectivity index (χ0v) is 22.5. The molecule has 0 unspecified atom stereocenters. The zero-order chi connectivity index (χ0) is 27.9. The molecule has 0 atom stereocenters. The maximum atomic E-state index is 13.1. The van der Waals surface area contributed by atoms with Gasteiger partial charge in [-0.25, -0.2) is 14.6 Å². The number of fused-ring (bicyclic) bond motifs is 1. The number of methoxy groups -OCH3 is 2. The highest BCUT2D eigenvalue weighted by Gasteiger charge is 2.26. The number of anilines is 2. The molecule has 9 nitrogen and oxygen atoms in total. The maximum Gasteiger partial charge on any atom is 0.356 e. The molecule has 9 heteroatoms. The molecule has 0 bridgehead atoms. The van der Waals surface area contributed by atoms with Crippen LogP contribution in [-0.4, -0.2) is 41.6 Å². The summed E-state index contributed by atoms with van der Waals surface area (Å²) in [5.74, 6) is -0.981. The fourth-order valence-electron chi connectivity index (χ4n) is 4.35. The highest BCUT2D eigenvalue weighted by atomic mass is 16.5. The third-order valence-electron chi connectivity index (χ3n) is 6.17. The van der Waals surface area contributed by atoms with E-state index in [2.05, 4.69) is 15.6 Å². The van der Waals surface area contributed by atoms with Crippen molar-refractivity contribution in [3.8, 4) is 0 Å². The first kappa shape index (κ1) is 27.4. The smallest absolute Gasteiger partial charge is 0.356 e. The van der Waals surface area contributed by atoms with Crippen LogP contribution in [0, 0.1) is 5.92 Å². The van der Waals surface area contributed by atoms with Gasteiger partial charge in [-0.05, 0) is 35.2 Å². The van der Waals surface area contributed by atoms with E-state index in [1.807, 2.05) is 62.4 Å². The number of nitrogens with zero attached hydrogens (tertiary/aromatic N) is 2. The predicted molar refractivity (Wildman–Crippen MR) is 150 cm³/mol. The van der Waals surface area contributed by atoms with Crippen LogP contribution < -0.4 is 10.6 Å². The van der Waals surface area contributed by atoms with Gasteiger partial charge in [-0.1, -0.05) is 56.3 Å². The molecule has 0 aliphatic carbocycles. The molecule has 202 valence electrons. The van der Waals surface area contributed by atoms with E-state index < -0.39 is 11.9 Å². The van der Waals surface area contributed by atoms with E-state index in [4.69, 9.17) is 9.47 Å². The summed E-state index contributed by atoms with van der Waals surface area (Å²) in [4.78, 5) is 42.4. The fraction of sp³-hybridized carbons (Fsp3) is 0.267. The Bertz CT molecular complexity index is 1480. The molecule has 0 aliphatic rings. The van der Waals surface area contributed by atoms with Crippen molar-refractivity contribution in [2.45, 2.75) is 33.4 Å². The Labute approximate surface area is 227 Å². The molecule has 2 aromatic carbocycles. The minimum Gasteiger partial charge on any atom is -0.465 e. The number of carbonyl (C=O) groups excluding carboxylic acids is 3. The number of esters is 2. The molecule has 0 saturated heterocycles. The van der Waals surface area contributed by atoms with Gasteiger partial charge in [0.05, 0.1) is 43.8 Å². The van der Waals surface area contributed by atoms with Crippen LogP contribution in [0.1, 0.15) is 45.8 Å². The van der Waals surface area contributed by atoms with Crippen LogP contribution in [0.3, 0.4) is 0 Å². The van der Waals surface area contributed by atoms with E-state index in [0.29, 0.717) is 41.1 Å². The topological polar surface area (TPSA) is 112 Å². The molecular formula is C30H32N4O5. The lowest BCUT2D eigenvalue weighted by molar-refractivity contribution is -0.115. The second kappa shape index (κ2) is 12.3. The first-order valence-electron chi connectivity index (χ1n) is 12.7. The molecule has 4 rings (SSSR count). The van der Waals surface area contributed by atoms with Crippen LogP contribution in [-0.2, 0) is 33.8 Å². The molecule has 0 aliphatic heterocycles. The van der Waals surface area contributed by atoms with Crippen LogP contribution in [0.25, 0.3) is 11.0 Å². The zero-order valence-electron chi connectivity index (χ0n) is 22.5. The van der Waals surface area contributed by atoms with Gasteiger partial charge in [0.2, 0.25) is 5.91 Å².